The number of nitrogens with one attached hydrogen (secondary N) is 1. The molecular formula is C9H12ClNO4S2. The number of thiophene rings is 1. The van der Waals surface area contributed by atoms with Gasteiger partial charge in [0.2, 0.25) is 10.0 Å². The summed E-state index contributed by atoms with van der Waals surface area (Å²) in [5.41, 5.74) is -0.691. The van der Waals surface area contributed by atoms with E-state index in [1.807, 2.05) is 0 Å². The molecule has 96 valence electrons. The summed E-state index contributed by atoms with van der Waals surface area (Å²) in [5, 5.41) is 8.90. The molecule has 0 aliphatic carbocycles. The number of carboxylic acid groups (broad SMARTS) is 1. The second-order valence-corrected chi connectivity index (χ2v) is 7.74. The molecule has 1 heterocycles. The van der Waals surface area contributed by atoms with Crippen LogP contribution in [0.5, 0.6) is 0 Å². The van der Waals surface area contributed by atoms with Gasteiger partial charge in [-0.25, -0.2) is 17.9 Å². The van der Waals surface area contributed by atoms with Crippen LogP contribution in [-0.4, -0.2) is 25.0 Å². The van der Waals surface area contributed by atoms with Gasteiger partial charge in [0.1, 0.15) is 9.77 Å². The van der Waals surface area contributed by atoms with Crippen LogP contribution in [0.2, 0.25) is 4.34 Å². The fourth-order valence-corrected chi connectivity index (χ4v) is 4.23. The highest BCUT2D eigenvalue weighted by atomic mass is 35.5. The van der Waals surface area contributed by atoms with Gasteiger partial charge in [0.25, 0.3) is 0 Å². The molecule has 0 atom stereocenters. The summed E-state index contributed by atoms with van der Waals surface area (Å²) < 4.78 is 26.4. The lowest BCUT2D eigenvalue weighted by Gasteiger charge is -2.20. The average Bonchev–Trinajstić information content (AvgIpc) is 2.43. The first-order valence-corrected chi connectivity index (χ1v) is 7.27. The van der Waals surface area contributed by atoms with Crippen molar-refractivity contribution in [2.45, 2.75) is 31.2 Å². The molecular weight excluding hydrogens is 286 g/mol. The number of rotatable bonds is 3. The Bertz CT molecular complexity index is 542. The highest BCUT2D eigenvalue weighted by Gasteiger charge is 2.29. The highest BCUT2D eigenvalue weighted by molar-refractivity contribution is 7.89. The predicted octanol–water partition coefficient (Wildman–Crippen LogP) is 2.18. The molecule has 0 saturated heterocycles. The normalized spacial score (nSPS) is 12.7. The van der Waals surface area contributed by atoms with Crippen molar-refractivity contribution in [1.29, 1.82) is 0 Å². The highest BCUT2D eigenvalue weighted by Crippen LogP contribution is 2.30. The first kappa shape index (κ1) is 14.4. The molecule has 0 unspecified atom stereocenters. The average molecular weight is 298 g/mol. The van der Waals surface area contributed by atoms with Crippen LogP contribution in [0.25, 0.3) is 0 Å². The Kier molecular flexibility index (Phi) is 3.87. The van der Waals surface area contributed by atoms with E-state index in [-0.39, 0.29) is 14.1 Å². The Labute approximate surface area is 108 Å². The molecule has 0 amide bonds. The van der Waals surface area contributed by atoms with Crippen LogP contribution in [-0.2, 0) is 10.0 Å². The van der Waals surface area contributed by atoms with Gasteiger partial charge in [0.05, 0.1) is 4.34 Å². The van der Waals surface area contributed by atoms with Gasteiger partial charge in [-0.15, -0.1) is 11.3 Å². The lowest BCUT2D eigenvalue weighted by molar-refractivity contribution is 0.0698. The summed E-state index contributed by atoms with van der Waals surface area (Å²) in [7, 11) is -3.88. The monoisotopic (exact) mass is 297 g/mol. The van der Waals surface area contributed by atoms with Crippen molar-refractivity contribution in [2.24, 2.45) is 0 Å². The lowest BCUT2D eigenvalue weighted by atomic mass is 10.1. The zero-order valence-corrected chi connectivity index (χ0v) is 11.8. The fourth-order valence-electron chi connectivity index (χ4n) is 1.15. The molecule has 8 heteroatoms. The van der Waals surface area contributed by atoms with Crippen molar-refractivity contribution in [3.05, 3.63) is 15.3 Å². The van der Waals surface area contributed by atoms with E-state index in [9.17, 15) is 13.2 Å². The minimum absolute atomic E-state index is 0.122. The van der Waals surface area contributed by atoms with Crippen molar-refractivity contribution in [3.8, 4) is 0 Å². The van der Waals surface area contributed by atoms with E-state index in [2.05, 4.69) is 4.72 Å². The third-order valence-electron chi connectivity index (χ3n) is 1.59. The number of hydrogen-bond acceptors (Lipinski definition) is 4. The SMILES string of the molecule is CC(C)(C)NS(=O)(=O)c1cc(Cl)sc1C(=O)O. The van der Waals surface area contributed by atoms with E-state index in [1.54, 1.807) is 20.8 Å². The summed E-state index contributed by atoms with van der Waals surface area (Å²) in [6, 6.07) is 1.14. The first-order valence-electron chi connectivity index (χ1n) is 4.59. The van der Waals surface area contributed by atoms with E-state index < -0.39 is 21.5 Å². The molecule has 2 N–H and O–H groups in total. The molecule has 0 aliphatic heterocycles. The summed E-state index contributed by atoms with van der Waals surface area (Å²) in [4.78, 5) is 10.3. The maximum absolute atomic E-state index is 12.0. The second kappa shape index (κ2) is 4.56. The van der Waals surface area contributed by atoms with Gasteiger partial charge in [-0.2, -0.15) is 0 Å². The van der Waals surface area contributed by atoms with Crippen LogP contribution in [0.3, 0.4) is 0 Å². The van der Waals surface area contributed by atoms with Crippen molar-refractivity contribution >= 4 is 38.9 Å². The minimum Gasteiger partial charge on any atom is -0.477 e. The van der Waals surface area contributed by atoms with Crippen LogP contribution in [0.1, 0.15) is 30.4 Å². The number of aromatic carboxylic acids is 1. The zero-order valence-electron chi connectivity index (χ0n) is 9.44. The first-order chi connectivity index (χ1) is 7.53. The van der Waals surface area contributed by atoms with E-state index in [0.29, 0.717) is 0 Å². The van der Waals surface area contributed by atoms with Crippen molar-refractivity contribution < 1.29 is 18.3 Å². The number of sulfonamides is 1. The minimum atomic E-state index is -3.88. The second-order valence-electron chi connectivity index (χ2n) is 4.40. The molecule has 0 aliphatic rings. The lowest BCUT2D eigenvalue weighted by Crippen LogP contribution is -2.40. The number of hydrogen-bond donors (Lipinski definition) is 2. The number of carbonyl (C=O) groups is 1. The van der Waals surface area contributed by atoms with Crippen LogP contribution in [0, 0.1) is 0 Å². The van der Waals surface area contributed by atoms with Gasteiger partial charge in [0.15, 0.2) is 0 Å². The molecule has 1 rings (SSSR count). The van der Waals surface area contributed by atoms with Gasteiger partial charge >= 0.3 is 5.97 Å². The molecule has 0 bridgehead atoms. The van der Waals surface area contributed by atoms with E-state index >= 15 is 0 Å². The van der Waals surface area contributed by atoms with Crippen LogP contribution in [0.4, 0.5) is 0 Å². The molecule has 1 aromatic rings. The maximum Gasteiger partial charge on any atom is 0.347 e. The van der Waals surface area contributed by atoms with Crippen molar-refractivity contribution in [1.82, 2.24) is 4.72 Å². The topological polar surface area (TPSA) is 83.5 Å². The maximum atomic E-state index is 12.0. The molecule has 5 nitrogen and oxygen atoms in total. The van der Waals surface area contributed by atoms with Crippen LogP contribution < -0.4 is 4.72 Å². The van der Waals surface area contributed by atoms with Gasteiger partial charge in [-0.05, 0) is 26.8 Å². The third kappa shape index (κ3) is 3.67. The fraction of sp³-hybridized carbons (Fsp3) is 0.444. The molecule has 1 aromatic heterocycles. The standard InChI is InChI=1S/C9H12ClNO4S2/c1-9(2,3)11-17(14,15)5-4-6(10)16-7(5)8(12)13/h4,11H,1-3H3,(H,12,13). The molecule has 0 radical (unpaired) electrons. The summed E-state index contributed by atoms with van der Waals surface area (Å²) in [6.45, 7) is 5.00. The van der Waals surface area contributed by atoms with Crippen LogP contribution in [0.15, 0.2) is 11.0 Å². The van der Waals surface area contributed by atoms with E-state index in [1.165, 1.54) is 0 Å². The Hall–Kier alpha value is -0.630. The molecule has 0 fully saturated rings. The Morgan fingerprint density at radius 2 is 2.00 bits per heavy atom. The molecule has 0 saturated carbocycles. The molecule has 0 spiro atoms. The summed E-state index contributed by atoms with van der Waals surface area (Å²) in [5.74, 6) is -1.31. The summed E-state index contributed by atoms with van der Waals surface area (Å²) in [6.07, 6.45) is 0. The Morgan fingerprint density at radius 3 is 2.41 bits per heavy atom. The Morgan fingerprint density at radius 1 is 1.47 bits per heavy atom. The van der Waals surface area contributed by atoms with Gasteiger partial charge in [-0.3, -0.25) is 0 Å². The van der Waals surface area contributed by atoms with Crippen LogP contribution >= 0.6 is 22.9 Å². The molecule has 17 heavy (non-hydrogen) atoms. The smallest absolute Gasteiger partial charge is 0.347 e. The van der Waals surface area contributed by atoms with Gasteiger partial charge in [-0.1, -0.05) is 11.6 Å². The van der Waals surface area contributed by atoms with E-state index in [4.69, 9.17) is 16.7 Å². The number of halogens is 1. The predicted molar refractivity (Wildman–Crippen MR) is 66.4 cm³/mol. The summed E-state index contributed by atoms with van der Waals surface area (Å²) >= 11 is 6.37. The van der Waals surface area contributed by atoms with Crippen molar-refractivity contribution in [3.63, 3.8) is 0 Å². The number of carboxylic acids is 1. The van der Waals surface area contributed by atoms with E-state index in [0.717, 1.165) is 17.4 Å². The largest absolute Gasteiger partial charge is 0.477 e. The van der Waals surface area contributed by atoms with Gasteiger partial charge < -0.3 is 5.11 Å². The Balaban J connectivity index is 3.29. The quantitative estimate of drug-likeness (QED) is 0.895. The van der Waals surface area contributed by atoms with Crippen molar-refractivity contribution in [2.75, 3.05) is 0 Å². The van der Waals surface area contributed by atoms with Gasteiger partial charge in [0, 0.05) is 5.54 Å². The molecule has 0 aromatic carbocycles. The third-order valence-corrected chi connectivity index (χ3v) is 4.76. The zero-order chi connectivity index (χ0) is 13.4.